The number of anilines is 2. The predicted molar refractivity (Wildman–Crippen MR) is 89.2 cm³/mol. The first-order valence-electron chi connectivity index (χ1n) is 7.24. The first kappa shape index (κ1) is 16.4. The van der Waals surface area contributed by atoms with Gasteiger partial charge in [0.15, 0.2) is 0 Å². The van der Waals surface area contributed by atoms with Crippen molar-refractivity contribution in [1.82, 2.24) is 0 Å². The molecule has 0 aliphatic rings. The number of halogens is 2. The van der Waals surface area contributed by atoms with E-state index in [1.54, 1.807) is 30.3 Å². The van der Waals surface area contributed by atoms with Crippen LogP contribution in [0.1, 0.15) is 0 Å². The van der Waals surface area contributed by atoms with Crippen LogP contribution in [0, 0.1) is 11.6 Å². The van der Waals surface area contributed by atoms with Crippen molar-refractivity contribution in [3.05, 3.63) is 66.2 Å². The minimum absolute atomic E-state index is 0.0277. The zero-order chi connectivity index (χ0) is 18.0. The Morgan fingerprint density at radius 2 is 1.44 bits per heavy atom. The summed E-state index contributed by atoms with van der Waals surface area (Å²) in [6.45, 7) is 0. The number of fused-ring (bicyclic) bond motifs is 1. The molecule has 0 radical (unpaired) electrons. The molecule has 3 rings (SSSR count). The summed E-state index contributed by atoms with van der Waals surface area (Å²) >= 11 is 0. The smallest absolute Gasteiger partial charge is 0.314 e. The van der Waals surface area contributed by atoms with Gasteiger partial charge in [-0.15, -0.1) is 0 Å². The molecule has 0 atom stereocenters. The van der Waals surface area contributed by atoms with E-state index in [-0.39, 0.29) is 5.75 Å². The molecule has 0 fully saturated rings. The van der Waals surface area contributed by atoms with E-state index in [1.165, 1.54) is 6.07 Å². The van der Waals surface area contributed by atoms with Crippen LogP contribution in [0.4, 0.5) is 20.2 Å². The first-order valence-corrected chi connectivity index (χ1v) is 7.24. The summed E-state index contributed by atoms with van der Waals surface area (Å²) < 4.78 is 26.6. The third-order valence-corrected chi connectivity index (χ3v) is 3.53. The van der Waals surface area contributed by atoms with Crippen LogP contribution in [0.3, 0.4) is 0 Å². The van der Waals surface area contributed by atoms with Crippen molar-refractivity contribution < 1.29 is 23.5 Å². The second-order valence-corrected chi connectivity index (χ2v) is 5.21. The van der Waals surface area contributed by atoms with Crippen molar-refractivity contribution in [1.29, 1.82) is 0 Å². The Morgan fingerprint density at radius 1 is 0.800 bits per heavy atom. The maximum absolute atomic E-state index is 13.5. The number of carbonyl (C=O) groups is 2. The molecule has 25 heavy (non-hydrogen) atoms. The Bertz CT molecular complexity index is 989. The topological polar surface area (TPSA) is 78.4 Å². The molecule has 126 valence electrons. The number of carbonyl (C=O) groups excluding carboxylic acids is 2. The molecule has 0 spiro atoms. The van der Waals surface area contributed by atoms with E-state index in [4.69, 9.17) is 0 Å². The SMILES string of the molecule is O=C(Nc1cc(F)ccc1F)C(=O)Nc1cccc2c(O)cccc12. The first-order chi connectivity index (χ1) is 12.0. The molecule has 0 aliphatic heterocycles. The molecule has 2 amide bonds. The minimum Gasteiger partial charge on any atom is -0.507 e. The van der Waals surface area contributed by atoms with Gasteiger partial charge in [0.1, 0.15) is 17.4 Å². The van der Waals surface area contributed by atoms with Crippen molar-refractivity contribution in [3.63, 3.8) is 0 Å². The van der Waals surface area contributed by atoms with Crippen LogP contribution in [0.25, 0.3) is 10.8 Å². The Balaban J connectivity index is 1.82. The number of benzene rings is 3. The molecule has 7 heteroatoms. The predicted octanol–water partition coefficient (Wildman–Crippen LogP) is 3.40. The quantitative estimate of drug-likeness (QED) is 0.625. The van der Waals surface area contributed by atoms with Gasteiger partial charge < -0.3 is 15.7 Å². The molecule has 3 aromatic rings. The number of rotatable bonds is 2. The molecule has 3 aromatic carbocycles. The zero-order valence-corrected chi connectivity index (χ0v) is 12.7. The molecule has 0 bridgehead atoms. The lowest BCUT2D eigenvalue weighted by Gasteiger charge is -2.10. The van der Waals surface area contributed by atoms with Crippen molar-refractivity contribution in [2.75, 3.05) is 10.6 Å². The fourth-order valence-corrected chi connectivity index (χ4v) is 2.35. The van der Waals surface area contributed by atoms with Gasteiger partial charge in [-0.2, -0.15) is 0 Å². The third-order valence-electron chi connectivity index (χ3n) is 3.53. The van der Waals surface area contributed by atoms with E-state index < -0.39 is 29.1 Å². The van der Waals surface area contributed by atoms with Crippen LogP contribution in [-0.4, -0.2) is 16.9 Å². The summed E-state index contributed by atoms with van der Waals surface area (Å²) in [6.07, 6.45) is 0. The Hall–Kier alpha value is -3.48. The number of aromatic hydroxyl groups is 1. The zero-order valence-electron chi connectivity index (χ0n) is 12.7. The van der Waals surface area contributed by atoms with E-state index in [0.717, 1.165) is 18.2 Å². The molecule has 0 aliphatic carbocycles. The largest absolute Gasteiger partial charge is 0.507 e. The van der Waals surface area contributed by atoms with Gasteiger partial charge >= 0.3 is 11.8 Å². The molecule has 3 N–H and O–H groups in total. The van der Waals surface area contributed by atoms with Crippen molar-refractivity contribution in [2.24, 2.45) is 0 Å². The maximum Gasteiger partial charge on any atom is 0.314 e. The van der Waals surface area contributed by atoms with E-state index in [2.05, 4.69) is 5.32 Å². The third kappa shape index (κ3) is 3.40. The monoisotopic (exact) mass is 342 g/mol. The summed E-state index contributed by atoms with van der Waals surface area (Å²) in [7, 11) is 0. The summed E-state index contributed by atoms with van der Waals surface area (Å²) in [5.41, 5.74) is -0.135. The lowest BCUT2D eigenvalue weighted by Crippen LogP contribution is -2.29. The summed E-state index contributed by atoms with van der Waals surface area (Å²) in [4.78, 5) is 24.0. The molecule has 0 unspecified atom stereocenters. The van der Waals surface area contributed by atoms with Gasteiger partial charge in [-0.3, -0.25) is 9.59 Å². The number of phenols is 1. The van der Waals surface area contributed by atoms with Gasteiger partial charge in [0.25, 0.3) is 0 Å². The van der Waals surface area contributed by atoms with Crippen LogP contribution < -0.4 is 10.6 Å². The highest BCUT2D eigenvalue weighted by Gasteiger charge is 2.17. The Kier molecular flexibility index (Phi) is 4.30. The Labute approximate surface area is 140 Å². The van der Waals surface area contributed by atoms with Gasteiger partial charge in [-0.25, -0.2) is 8.78 Å². The normalized spacial score (nSPS) is 10.5. The molecule has 0 heterocycles. The molecule has 0 saturated heterocycles. The number of hydrogen-bond acceptors (Lipinski definition) is 3. The highest BCUT2D eigenvalue weighted by molar-refractivity contribution is 6.44. The van der Waals surface area contributed by atoms with Gasteiger partial charge in [-0.1, -0.05) is 24.3 Å². The summed E-state index contributed by atoms with van der Waals surface area (Å²) in [6, 6.07) is 12.1. The van der Waals surface area contributed by atoms with Gasteiger partial charge in [0.05, 0.1) is 5.69 Å². The van der Waals surface area contributed by atoms with Gasteiger partial charge in [0, 0.05) is 22.5 Å². The fourth-order valence-electron chi connectivity index (χ4n) is 2.35. The number of nitrogens with one attached hydrogen (secondary N) is 2. The van der Waals surface area contributed by atoms with E-state index in [9.17, 15) is 23.5 Å². The lowest BCUT2D eigenvalue weighted by atomic mass is 10.1. The molecular weight excluding hydrogens is 330 g/mol. The Morgan fingerprint density at radius 3 is 2.20 bits per heavy atom. The standard InChI is InChI=1S/C18H12F2N2O3/c19-10-7-8-13(20)15(9-10)22-18(25)17(24)21-14-5-1-4-12-11(14)3-2-6-16(12)23/h1-9,23H,(H,21,24)(H,22,25). The van der Waals surface area contributed by atoms with Crippen molar-refractivity contribution in [2.45, 2.75) is 0 Å². The van der Waals surface area contributed by atoms with Crippen LogP contribution >= 0.6 is 0 Å². The maximum atomic E-state index is 13.5. The summed E-state index contributed by atoms with van der Waals surface area (Å²) in [5.74, 6) is -3.79. The summed E-state index contributed by atoms with van der Waals surface area (Å²) in [5, 5.41) is 15.2. The van der Waals surface area contributed by atoms with Crippen LogP contribution in [0.5, 0.6) is 5.75 Å². The average Bonchev–Trinajstić information content (AvgIpc) is 2.59. The van der Waals surface area contributed by atoms with Crippen molar-refractivity contribution in [3.8, 4) is 5.75 Å². The van der Waals surface area contributed by atoms with Crippen LogP contribution in [0.15, 0.2) is 54.6 Å². The van der Waals surface area contributed by atoms with Gasteiger partial charge in [-0.05, 0) is 24.3 Å². The fraction of sp³-hybridized carbons (Fsp3) is 0. The van der Waals surface area contributed by atoms with Gasteiger partial charge in [0.2, 0.25) is 0 Å². The van der Waals surface area contributed by atoms with E-state index in [1.807, 2.05) is 5.32 Å². The number of hydrogen-bond donors (Lipinski definition) is 3. The number of amides is 2. The average molecular weight is 342 g/mol. The van der Waals surface area contributed by atoms with Crippen molar-refractivity contribution >= 4 is 34.0 Å². The van der Waals surface area contributed by atoms with E-state index >= 15 is 0 Å². The highest BCUT2D eigenvalue weighted by Crippen LogP contribution is 2.29. The molecule has 0 aromatic heterocycles. The second-order valence-electron chi connectivity index (χ2n) is 5.21. The van der Waals surface area contributed by atoms with Crippen LogP contribution in [-0.2, 0) is 9.59 Å². The number of phenolic OH excluding ortho intramolecular Hbond substituents is 1. The minimum atomic E-state index is -1.15. The highest BCUT2D eigenvalue weighted by atomic mass is 19.1. The van der Waals surface area contributed by atoms with Crippen LogP contribution in [0.2, 0.25) is 0 Å². The second kappa shape index (κ2) is 6.56. The lowest BCUT2D eigenvalue weighted by molar-refractivity contribution is -0.133. The molecular formula is C18H12F2N2O3. The van der Waals surface area contributed by atoms with E-state index in [0.29, 0.717) is 16.5 Å². The molecule has 5 nitrogen and oxygen atoms in total. The molecule has 0 saturated carbocycles.